The van der Waals surface area contributed by atoms with Crippen LogP contribution >= 0.6 is 0 Å². The Kier molecular flexibility index (Phi) is 5.60. The molecule has 0 amide bonds. The topological polar surface area (TPSA) is 71.1 Å². The summed E-state index contributed by atoms with van der Waals surface area (Å²) in [6.07, 6.45) is 0.160. The standard InChI is InChI=1S/C15H17N3O/c1-3-18(4-2)14-7-5-12(6-8-14)9-13(10-16)15(19)11-17/h5-9,15,19H,3-4H2,1-2H3. The zero-order valence-corrected chi connectivity index (χ0v) is 11.2. The summed E-state index contributed by atoms with van der Waals surface area (Å²) in [4.78, 5) is 2.21. The maximum atomic E-state index is 9.34. The summed E-state index contributed by atoms with van der Waals surface area (Å²) in [5.74, 6) is 0. The van der Waals surface area contributed by atoms with Crippen molar-refractivity contribution in [2.75, 3.05) is 18.0 Å². The smallest absolute Gasteiger partial charge is 0.175 e. The molecule has 1 unspecified atom stereocenters. The molecule has 4 nitrogen and oxygen atoms in total. The van der Waals surface area contributed by atoms with Gasteiger partial charge in [-0.15, -0.1) is 0 Å². The number of aliphatic hydroxyl groups excluding tert-OH is 1. The summed E-state index contributed by atoms with van der Waals surface area (Å²) in [7, 11) is 0. The number of hydrogen-bond acceptors (Lipinski definition) is 4. The fourth-order valence-corrected chi connectivity index (χ4v) is 1.79. The van der Waals surface area contributed by atoms with Crippen LogP contribution in [0.2, 0.25) is 0 Å². The number of aliphatic hydroxyl groups is 1. The molecule has 4 heteroatoms. The van der Waals surface area contributed by atoms with E-state index in [0.717, 1.165) is 24.3 Å². The van der Waals surface area contributed by atoms with Crippen LogP contribution in [0, 0.1) is 22.7 Å². The highest BCUT2D eigenvalue weighted by atomic mass is 16.3. The predicted octanol–water partition coefficient (Wildman–Crippen LogP) is 2.32. The van der Waals surface area contributed by atoms with Gasteiger partial charge in [0.25, 0.3) is 0 Å². The number of rotatable bonds is 5. The Labute approximate surface area is 113 Å². The first-order chi connectivity index (χ1) is 9.15. The van der Waals surface area contributed by atoms with Gasteiger partial charge in [0.15, 0.2) is 6.10 Å². The SMILES string of the molecule is CCN(CC)c1ccc(C=C(C#N)C(O)C#N)cc1. The normalized spacial score (nSPS) is 12.4. The van der Waals surface area contributed by atoms with Crippen LogP contribution in [0.25, 0.3) is 6.08 Å². The van der Waals surface area contributed by atoms with E-state index in [4.69, 9.17) is 10.5 Å². The quantitative estimate of drug-likeness (QED) is 0.647. The number of hydrogen-bond donors (Lipinski definition) is 1. The molecule has 98 valence electrons. The third-order valence-electron chi connectivity index (χ3n) is 2.89. The van der Waals surface area contributed by atoms with E-state index < -0.39 is 6.10 Å². The molecular formula is C15H17N3O. The van der Waals surface area contributed by atoms with E-state index in [-0.39, 0.29) is 5.57 Å². The summed E-state index contributed by atoms with van der Waals surface area (Å²) in [5, 5.41) is 26.8. The van der Waals surface area contributed by atoms with Crippen LogP contribution in [0.4, 0.5) is 5.69 Å². The van der Waals surface area contributed by atoms with Gasteiger partial charge in [-0.3, -0.25) is 0 Å². The Morgan fingerprint density at radius 1 is 1.26 bits per heavy atom. The maximum absolute atomic E-state index is 9.34. The van der Waals surface area contributed by atoms with Gasteiger partial charge in [0, 0.05) is 18.8 Å². The fraction of sp³-hybridized carbons (Fsp3) is 0.333. The van der Waals surface area contributed by atoms with Crippen LogP contribution in [-0.4, -0.2) is 24.3 Å². The molecule has 0 aliphatic carbocycles. The Morgan fingerprint density at radius 2 is 1.84 bits per heavy atom. The van der Waals surface area contributed by atoms with Crippen molar-refractivity contribution >= 4 is 11.8 Å². The molecule has 0 aliphatic heterocycles. The highest BCUT2D eigenvalue weighted by molar-refractivity contribution is 5.62. The van der Waals surface area contributed by atoms with Gasteiger partial charge in [0.05, 0.1) is 17.7 Å². The van der Waals surface area contributed by atoms with Crippen LogP contribution in [0.5, 0.6) is 0 Å². The molecule has 0 saturated heterocycles. The Morgan fingerprint density at radius 3 is 2.26 bits per heavy atom. The molecule has 1 atom stereocenters. The zero-order valence-electron chi connectivity index (χ0n) is 11.2. The first-order valence-electron chi connectivity index (χ1n) is 6.20. The van der Waals surface area contributed by atoms with Gasteiger partial charge >= 0.3 is 0 Å². The van der Waals surface area contributed by atoms with E-state index in [1.54, 1.807) is 6.07 Å². The largest absolute Gasteiger partial charge is 0.373 e. The number of anilines is 1. The van der Waals surface area contributed by atoms with Crippen molar-refractivity contribution in [1.82, 2.24) is 0 Å². The van der Waals surface area contributed by atoms with Gasteiger partial charge < -0.3 is 10.0 Å². The van der Waals surface area contributed by atoms with Crippen LogP contribution in [0.1, 0.15) is 19.4 Å². The van der Waals surface area contributed by atoms with Crippen molar-refractivity contribution in [1.29, 1.82) is 10.5 Å². The van der Waals surface area contributed by atoms with E-state index >= 15 is 0 Å². The summed E-state index contributed by atoms with van der Waals surface area (Å²) in [5.41, 5.74) is 1.96. The Bertz CT molecular complexity index is 516. The summed E-state index contributed by atoms with van der Waals surface area (Å²) in [6, 6.07) is 11.1. The Hall–Kier alpha value is -2.30. The molecule has 1 rings (SSSR count). The molecule has 0 aliphatic rings. The molecule has 1 N–H and O–H groups in total. The molecular weight excluding hydrogens is 238 g/mol. The summed E-state index contributed by atoms with van der Waals surface area (Å²) in [6.45, 7) is 6.05. The third-order valence-corrected chi connectivity index (χ3v) is 2.89. The highest BCUT2D eigenvalue weighted by Crippen LogP contribution is 2.17. The first-order valence-corrected chi connectivity index (χ1v) is 6.20. The van der Waals surface area contributed by atoms with E-state index in [0.29, 0.717) is 0 Å². The molecule has 0 saturated carbocycles. The molecule has 0 aromatic heterocycles. The van der Waals surface area contributed by atoms with Gasteiger partial charge in [-0.1, -0.05) is 12.1 Å². The van der Waals surface area contributed by atoms with Crippen LogP contribution in [0.15, 0.2) is 29.8 Å². The van der Waals surface area contributed by atoms with Crippen LogP contribution in [-0.2, 0) is 0 Å². The second-order valence-electron chi connectivity index (χ2n) is 4.01. The predicted molar refractivity (Wildman–Crippen MR) is 75.2 cm³/mol. The van der Waals surface area contributed by atoms with Crippen molar-refractivity contribution in [2.45, 2.75) is 20.0 Å². The van der Waals surface area contributed by atoms with Crippen LogP contribution in [0.3, 0.4) is 0 Å². The van der Waals surface area contributed by atoms with Crippen molar-refractivity contribution in [3.8, 4) is 12.1 Å². The fourth-order valence-electron chi connectivity index (χ4n) is 1.79. The van der Waals surface area contributed by atoms with Gasteiger partial charge in [0.1, 0.15) is 0 Å². The lowest BCUT2D eigenvalue weighted by Gasteiger charge is -2.20. The third kappa shape index (κ3) is 3.84. The molecule has 0 fully saturated rings. The van der Waals surface area contributed by atoms with Gasteiger partial charge in [0.2, 0.25) is 0 Å². The van der Waals surface area contributed by atoms with E-state index in [2.05, 4.69) is 18.7 Å². The van der Waals surface area contributed by atoms with Gasteiger partial charge in [-0.25, -0.2) is 0 Å². The minimum absolute atomic E-state index is 0.0538. The molecule has 1 aromatic rings. The molecule has 1 aromatic carbocycles. The van der Waals surface area contributed by atoms with Crippen molar-refractivity contribution < 1.29 is 5.11 Å². The molecule has 19 heavy (non-hydrogen) atoms. The second kappa shape index (κ2) is 7.20. The minimum Gasteiger partial charge on any atom is -0.373 e. The average Bonchev–Trinajstić information content (AvgIpc) is 2.46. The molecule has 0 radical (unpaired) electrons. The second-order valence-corrected chi connectivity index (χ2v) is 4.01. The lowest BCUT2D eigenvalue weighted by atomic mass is 10.1. The molecule has 0 heterocycles. The van der Waals surface area contributed by atoms with Crippen molar-refractivity contribution in [3.05, 3.63) is 35.4 Å². The average molecular weight is 255 g/mol. The maximum Gasteiger partial charge on any atom is 0.175 e. The summed E-state index contributed by atoms with van der Waals surface area (Å²) < 4.78 is 0. The van der Waals surface area contributed by atoms with Gasteiger partial charge in [-0.05, 0) is 37.6 Å². The number of nitrogens with zero attached hydrogens (tertiary/aromatic N) is 3. The van der Waals surface area contributed by atoms with Crippen molar-refractivity contribution in [3.63, 3.8) is 0 Å². The first kappa shape index (κ1) is 14.8. The number of benzene rings is 1. The number of nitriles is 2. The van der Waals surface area contributed by atoms with E-state index in [1.807, 2.05) is 30.3 Å². The lowest BCUT2D eigenvalue weighted by Crippen LogP contribution is -2.21. The van der Waals surface area contributed by atoms with Crippen LogP contribution < -0.4 is 4.90 Å². The molecule has 0 bridgehead atoms. The molecule has 0 spiro atoms. The van der Waals surface area contributed by atoms with E-state index in [1.165, 1.54) is 6.08 Å². The van der Waals surface area contributed by atoms with Crippen molar-refractivity contribution in [2.24, 2.45) is 0 Å². The summed E-state index contributed by atoms with van der Waals surface area (Å²) >= 11 is 0. The minimum atomic E-state index is -1.37. The zero-order chi connectivity index (χ0) is 14.3. The van der Waals surface area contributed by atoms with Gasteiger partial charge in [-0.2, -0.15) is 10.5 Å². The highest BCUT2D eigenvalue weighted by Gasteiger charge is 2.08. The Balaban J connectivity index is 2.97. The lowest BCUT2D eigenvalue weighted by molar-refractivity contribution is 0.271. The monoisotopic (exact) mass is 255 g/mol. The van der Waals surface area contributed by atoms with E-state index in [9.17, 15) is 5.11 Å².